The maximum Gasteiger partial charge on any atom is 0.320 e. The number of hydrogen-bond acceptors (Lipinski definition) is 2. The molecular formula is C15H29NO2. The second-order valence-electron chi connectivity index (χ2n) is 6.81. The molecule has 1 aliphatic rings. The van der Waals surface area contributed by atoms with Crippen molar-refractivity contribution in [1.29, 1.82) is 0 Å². The molecule has 0 spiro atoms. The van der Waals surface area contributed by atoms with Crippen molar-refractivity contribution < 1.29 is 9.90 Å². The van der Waals surface area contributed by atoms with Gasteiger partial charge >= 0.3 is 5.97 Å². The summed E-state index contributed by atoms with van der Waals surface area (Å²) in [4.78, 5) is 11.3. The highest BCUT2D eigenvalue weighted by Crippen LogP contribution is 2.38. The second kappa shape index (κ2) is 6.55. The molecule has 1 rings (SSSR count). The molecule has 0 aromatic rings. The monoisotopic (exact) mass is 255 g/mol. The van der Waals surface area contributed by atoms with Crippen LogP contribution in [-0.2, 0) is 4.79 Å². The van der Waals surface area contributed by atoms with E-state index < -0.39 is 5.97 Å². The maximum absolute atomic E-state index is 11.3. The third kappa shape index (κ3) is 4.97. The molecule has 3 heteroatoms. The minimum Gasteiger partial charge on any atom is -0.480 e. The maximum atomic E-state index is 11.3. The summed E-state index contributed by atoms with van der Waals surface area (Å²) in [5.74, 6) is -0.00801. The Kier molecular flexibility index (Phi) is 5.64. The average molecular weight is 255 g/mol. The van der Waals surface area contributed by atoms with Gasteiger partial charge in [0.15, 0.2) is 0 Å². The van der Waals surface area contributed by atoms with Gasteiger partial charge in [-0.1, -0.05) is 40.5 Å². The first-order chi connectivity index (χ1) is 8.34. The van der Waals surface area contributed by atoms with E-state index in [1.165, 1.54) is 6.42 Å². The average Bonchev–Trinajstić information content (AvgIpc) is 2.20. The summed E-state index contributed by atoms with van der Waals surface area (Å²) in [7, 11) is 0. The first kappa shape index (κ1) is 15.5. The lowest BCUT2D eigenvalue weighted by molar-refractivity contribution is -0.140. The number of carboxylic acids is 1. The molecule has 1 aliphatic carbocycles. The molecule has 0 aliphatic heterocycles. The van der Waals surface area contributed by atoms with Gasteiger partial charge in [0.05, 0.1) is 0 Å². The third-order valence-corrected chi connectivity index (χ3v) is 3.97. The molecule has 0 amide bonds. The molecule has 0 saturated heterocycles. The Labute approximate surface area is 111 Å². The minimum atomic E-state index is -0.695. The topological polar surface area (TPSA) is 49.3 Å². The Hall–Kier alpha value is -0.570. The van der Waals surface area contributed by atoms with Crippen LogP contribution in [0.25, 0.3) is 0 Å². The number of nitrogens with one attached hydrogen (secondary N) is 1. The minimum absolute atomic E-state index is 0.336. The lowest BCUT2D eigenvalue weighted by Crippen LogP contribution is -2.47. The molecule has 18 heavy (non-hydrogen) atoms. The smallest absolute Gasteiger partial charge is 0.320 e. The van der Waals surface area contributed by atoms with E-state index in [9.17, 15) is 9.90 Å². The number of unbranched alkanes of at least 4 members (excludes halogenated alkanes) is 1. The van der Waals surface area contributed by atoms with Gasteiger partial charge in [-0.2, -0.15) is 0 Å². The van der Waals surface area contributed by atoms with Crippen LogP contribution in [0.2, 0.25) is 0 Å². The van der Waals surface area contributed by atoms with Crippen molar-refractivity contribution in [3.63, 3.8) is 0 Å². The van der Waals surface area contributed by atoms with Crippen molar-refractivity contribution in [3.8, 4) is 0 Å². The van der Waals surface area contributed by atoms with Crippen LogP contribution in [0.4, 0.5) is 0 Å². The molecule has 0 bridgehead atoms. The van der Waals surface area contributed by atoms with Crippen LogP contribution in [0.15, 0.2) is 0 Å². The van der Waals surface area contributed by atoms with E-state index in [-0.39, 0.29) is 6.04 Å². The molecule has 0 aromatic carbocycles. The largest absolute Gasteiger partial charge is 0.480 e. The predicted octanol–water partition coefficient (Wildman–Crippen LogP) is 3.43. The lowest BCUT2D eigenvalue weighted by Gasteiger charge is -2.40. The van der Waals surface area contributed by atoms with Crippen molar-refractivity contribution in [1.82, 2.24) is 5.32 Å². The zero-order valence-corrected chi connectivity index (χ0v) is 12.3. The summed E-state index contributed by atoms with van der Waals surface area (Å²) in [6.45, 7) is 8.96. The van der Waals surface area contributed by atoms with E-state index in [1.807, 2.05) is 0 Å². The van der Waals surface area contributed by atoms with Crippen LogP contribution in [-0.4, -0.2) is 23.2 Å². The Bertz CT molecular complexity index is 276. The van der Waals surface area contributed by atoms with E-state index in [4.69, 9.17) is 0 Å². The summed E-state index contributed by atoms with van der Waals surface area (Å²) in [6, 6.07) is -0.00208. The van der Waals surface area contributed by atoms with Gasteiger partial charge < -0.3 is 10.4 Å². The molecule has 1 saturated carbocycles. The summed E-state index contributed by atoms with van der Waals surface area (Å²) >= 11 is 0. The molecule has 0 aromatic heterocycles. The molecular weight excluding hydrogens is 226 g/mol. The fourth-order valence-corrected chi connectivity index (χ4v) is 3.44. The summed E-state index contributed by atoms with van der Waals surface area (Å²) in [6.07, 6.45) is 6.23. The predicted molar refractivity (Wildman–Crippen MR) is 74.7 cm³/mol. The highest BCUT2D eigenvalue weighted by molar-refractivity contribution is 5.73. The van der Waals surface area contributed by atoms with E-state index in [1.54, 1.807) is 0 Å². The Morgan fingerprint density at radius 1 is 1.44 bits per heavy atom. The highest BCUT2D eigenvalue weighted by Gasteiger charge is 2.33. The normalized spacial score (nSPS) is 28.9. The molecule has 1 fully saturated rings. The molecule has 106 valence electrons. The molecule has 2 N–H and O–H groups in total. The molecule has 3 nitrogen and oxygen atoms in total. The van der Waals surface area contributed by atoms with Gasteiger partial charge in [0, 0.05) is 6.04 Å². The lowest BCUT2D eigenvalue weighted by atomic mass is 9.70. The SMILES string of the molecule is CCCC[C@H](NC1CC(C)CC(C)(C)C1)C(=O)O. The van der Waals surface area contributed by atoms with E-state index in [0.717, 1.165) is 32.1 Å². The van der Waals surface area contributed by atoms with Crippen molar-refractivity contribution in [2.45, 2.75) is 78.3 Å². The summed E-state index contributed by atoms with van der Waals surface area (Å²) in [5, 5.41) is 12.6. The van der Waals surface area contributed by atoms with Crippen molar-refractivity contribution in [2.24, 2.45) is 11.3 Å². The third-order valence-electron chi connectivity index (χ3n) is 3.97. The fraction of sp³-hybridized carbons (Fsp3) is 0.933. The Morgan fingerprint density at radius 2 is 2.11 bits per heavy atom. The van der Waals surface area contributed by atoms with Crippen molar-refractivity contribution in [2.75, 3.05) is 0 Å². The van der Waals surface area contributed by atoms with Crippen molar-refractivity contribution >= 4 is 5.97 Å². The standard InChI is InChI=1S/C15H29NO2/c1-5-6-7-13(14(17)18)16-12-8-11(2)9-15(3,4)10-12/h11-13,16H,5-10H2,1-4H3,(H,17,18)/t11?,12?,13-/m0/s1. The van der Waals surface area contributed by atoms with Gasteiger partial charge in [0.1, 0.15) is 6.04 Å². The van der Waals surface area contributed by atoms with Crippen LogP contribution in [0, 0.1) is 11.3 Å². The molecule has 0 radical (unpaired) electrons. The summed E-state index contributed by atoms with van der Waals surface area (Å²) in [5.41, 5.74) is 0.336. The van der Waals surface area contributed by atoms with Gasteiger partial charge in [-0.15, -0.1) is 0 Å². The number of rotatable bonds is 6. The number of hydrogen-bond donors (Lipinski definition) is 2. The fourth-order valence-electron chi connectivity index (χ4n) is 3.44. The molecule has 0 heterocycles. The van der Waals surface area contributed by atoms with E-state index in [2.05, 4.69) is 33.0 Å². The quantitative estimate of drug-likeness (QED) is 0.764. The van der Waals surface area contributed by atoms with Gasteiger partial charge in [0.2, 0.25) is 0 Å². The molecule has 3 atom stereocenters. The second-order valence-corrected chi connectivity index (χ2v) is 6.81. The van der Waals surface area contributed by atoms with Crippen LogP contribution in [0.5, 0.6) is 0 Å². The number of carbonyl (C=O) groups is 1. The van der Waals surface area contributed by atoms with Crippen LogP contribution in [0.1, 0.15) is 66.2 Å². The van der Waals surface area contributed by atoms with Gasteiger partial charge in [0.25, 0.3) is 0 Å². The van der Waals surface area contributed by atoms with E-state index >= 15 is 0 Å². The van der Waals surface area contributed by atoms with Gasteiger partial charge in [-0.05, 0) is 37.0 Å². The van der Waals surface area contributed by atoms with Gasteiger partial charge in [-0.25, -0.2) is 0 Å². The first-order valence-electron chi connectivity index (χ1n) is 7.33. The van der Waals surface area contributed by atoms with Gasteiger partial charge in [-0.3, -0.25) is 4.79 Å². The summed E-state index contributed by atoms with van der Waals surface area (Å²) < 4.78 is 0. The molecule has 2 unspecified atom stereocenters. The van der Waals surface area contributed by atoms with Crippen molar-refractivity contribution in [3.05, 3.63) is 0 Å². The first-order valence-corrected chi connectivity index (χ1v) is 7.33. The number of carboxylic acid groups (broad SMARTS) is 1. The zero-order chi connectivity index (χ0) is 13.8. The van der Waals surface area contributed by atoms with Crippen LogP contribution in [0.3, 0.4) is 0 Å². The zero-order valence-electron chi connectivity index (χ0n) is 12.3. The highest BCUT2D eigenvalue weighted by atomic mass is 16.4. The number of aliphatic carboxylic acids is 1. The van der Waals surface area contributed by atoms with E-state index in [0.29, 0.717) is 17.4 Å². The van der Waals surface area contributed by atoms with Crippen LogP contribution < -0.4 is 5.32 Å². The Balaban J connectivity index is 2.54. The van der Waals surface area contributed by atoms with Crippen LogP contribution >= 0.6 is 0 Å². The Morgan fingerprint density at radius 3 is 2.61 bits per heavy atom.